The van der Waals surface area contributed by atoms with E-state index in [9.17, 15) is 4.79 Å². The van der Waals surface area contributed by atoms with Gasteiger partial charge in [0.2, 0.25) is 5.91 Å². The van der Waals surface area contributed by atoms with Crippen molar-refractivity contribution in [2.24, 2.45) is 11.8 Å². The zero-order valence-corrected chi connectivity index (χ0v) is 11.5. The van der Waals surface area contributed by atoms with Crippen LogP contribution < -0.4 is 10.6 Å². The fourth-order valence-electron chi connectivity index (χ4n) is 3.32. The first-order valence-electron chi connectivity index (χ1n) is 7.42. The monoisotopic (exact) mass is 258 g/mol. The van der Waals surface area contributed by atoms with Gasteiger partial charge in [-0.2, -0.15) is 0 Å². The molecule has 0 spiro atoms. The molecule has 1 saturated carbocycles. The maximum atomic E-state index is 12.3. The molecule has 102 valence electrons. The number of nitrogens with one attached hydrogen (secondary N) is 2. The highest BCUT2D eigenvalue weighted by Crippen LogP contribution is 2.32. The topological polar surface area (TPSA) is 41.1 Å². The van der Waals surface area contributed by atoms with Crippen molar-refractivity contribution in [2.75, 3.05) is 17.2 Å². The van der Waals surface area contributed by atoms with Gasteiger partial charge in [0.05, 0.1) is 0 Å². The molecule has 0 saturated heterocycles. The minimum atomic E-state index is 0.203. The summed E-state index contributed by atoms with van der Waals surface area (Å²) in [7, 11) is 0. The molecule has 1 aliphatic carbocycles. The molecule has 2 unspecified atom stereocenters. The van der Waals surface area contributed by atoms with Gasteiger partial charge in [0.25, 0.3) is 0 Å². The van der Waals surface area contributed by atoms with Gasteiger partial charge in [0.15, 0.2) is 0 Å². The molecule has 1 aliphatic heterocycles. The third-order valence-electron chi connectivity index (χ3n) is 4.51. The largest absolute Gasteiger partial charge is 0.385 e. The van der Waals surface area contributed by atoms with Gasteiger partial charge in [-0.3, -0.25) is 4.79 Å². The van der Waals surface area contributed by atoms with Gasteiger partial charge in [-0.05, 0) is 55.4 Å². The van der Waals surface area contributed by atoms with Gasteiger partial charge in [0.1, 0.15) is 0 Å². The van der Waals surface area contributed by atoms with Crippen LogP contribution in [0.3, 0.4) is 0 Å². The Morgan fingerprint density at radius 1 is 1.32 bits per heavy atom. The molecular formula is C16H22N2O. The molecule has 1 fully saturated rings. The zero-order valence-electron chi connectivity index (χ0n) is 11.5. The summed E-state index contributed by atoms with van der Waals surface area (Å²) in [6.07, 6.45) is 5.69. The van der Waals surface area contributed by atoms with E-state index in [2.05, 4.69) is 29.7 Å². The van der Waals surface area contributed by atoms with Crippen molar-refractivity contribution in [3.63, 3.8) is 0 Å². The molecule has 0 bridgehead atoms. The maximum absolute atomic E-state index is 12.3. The van der Waals surface area contributed by atoms with Crippen LogP contribution in [0.2, 0.25) is 0 Å². The van der Waals surface area contributed by atoms with Crippen LogP contribution in [0.15, 0.2) is 18.2 Å². The number of rotatable bonds is 2. The van der Waals surface area contributed by atoms with Crippen molar-refractivity contribution in [1.29, 1.82) is 0 Å². The fraction of sp³-hybridized carbons (Fsp3) is 0.562. The Morgan fingerprint density at radius 2 is 2.21 bits per heavy atom. The second-order valence-corrected chi connectivity index (χ2v) is 5.91. The van der Waals surface area contributed by atoms with Crippen molar-refractivity contribution >= 4 is 17.3 Å². The van der Waals surface area contributed by atoms with Gasteiger partial charge in [-0.15, -0.1) is 0 Å². The lowest BCUT2D eigenvalue weighted by molar-refractivity contribution is -0.120. The van der Waals surface area contributed by atoms with Crippen LogP contribution in [0.4, 0.5) is 11.4 Å². The van der Waals surface area contributed by atoms with Crippen molar-refractivity contribution < 1.29 is 4.79 Å². The zero-order chi connectivity index (χ0) is 13.2. The lowest BCUT2D eigenvalue weighted by Gasteiger charge is -2.20. The Bertz CT molecular complexity index is 484. The highest BCUT2D eigenvalue weighted by Gasteiger charge is 2.29. The normalized spacial score (nSPS) is 25.5. The molecular weight excluding hydrogens is 236 g/mol. The molecule has 1 amide bonds. The van der Waals surface area contributed by atoms with Crippen LogP contribution in [0.1, 0.15) is 38.2 Å². The maximum Gasteiger partial charge on any atom is 0.227 e. The highest BCUT2D eigenvalue weighted by atomic mass is 16.1. The molecule has 0 radical (unpaired) electrons. The lowest BCUT2D eigenvalue weighted by atomic mass is 9.97. The van der Waals surface area contributed by atoms with E-state index in [0.29, 0.717) is 5.92 Å². The standard InChI is InChI=1S/C16H22N2O/c1-11-4-2-6-14(11)16(19)18-13-7-8-15-12(10-13)5-3-9-17-15/h7-8,10-11,14,17H,2-6,9H2,1H3,(H,18,19). The van der Waals surface area contributed by atoms with E-state index in [4.69, 9.17) is 0 Å². The van der Waals surface area contributed by atoms with Crippen molar-refractivity contribution in [1.82, 2.24) is 0 Å². The summed E-state index contributed by atoms with van der Waals surface area (Å²) in [5.74, 6) is 0.933. The van der Waals surface area contributed by atoms with E-state index < -0.39 is 0 Å². The van der Waals surface area contributed by atoms with Gasteiger partial charge in [-0.25, -0.2) is 0 Å². The third-order valence-corrected chi connectivity index (χ3v) is 4.51. The molecule has 1 heterocycles. The van der Waals surface area contributed by atoms with E-state index in [1.807, 2.05) is 6.07 Å². The first-order chi connectivity index (χ1) is 9.24. The van der Waals surface area contributed by atoms with Crippen LogP contribution in [-0.2, 0) is 11.2 Å². The van der Waals surface area contributed by atoms with Crippen LogP contribution in [0.25, 0.3) is 0 Å². The molecule has 2 N–H and O–H groups in total. The lowest BCUT2D eigenvalue weighted by Crippen LogP contribution is -2.24. The number of anilines is 2. The van der Waals surface area contributed by atoms with Crippen LogP contribution >= 0.6 is 0 Å². The summed E-state index contributed by atoms with van der Waals surface area (Å²) >= 11 is 0. The molecule has 2 aliphatic rings. The number of carbonyl (C=O) groups is 1. The number of hydrogen-bond donors (Lipinski definition) is 2. The second kappa shape index (κ2) is 5.24. The first kappa shape index (κ1) is 12.5. The van der Waals surface area contributed by atoms with Gasteiger partial charge in [0, 0.05) is 23.8 Å². The number of fused-ring (bicyclic) bond motifs is 1. The minimum absolute atomic E-state index is 0.203. The smallest absolute Gasteiger partial charge is 0.227 e. The number of aryl methyl sites for hydroxylation is 1. The predicted molar refractivity (Wildman–Crippen MR) is 78.4 cm³/mol. The van der Waals surface area contributed by atoms with E-state index >= 15 is 0 Å². The summed E-state index contributed by atoms with van der Waals surface area (Å²) in [5, 5.41) is 6.49. The molecule has 0 aromatic heterocycles. The molecule has 2 atom stereocenters. The number of amides is 1. The summed E-state index contributed by atoms with van der Waals surface area (Å²) in [6, 6.07) is 6.22. The number of carbonyl (C=O) groups excluding carboxylic acids is 1. The quantitative estimate of drug-likeness (QED) is 0.853. The van der Waals surface area contributed by atoms with Gasteiger partial charge in [-0.1, -0.05) is 13.3 Å². The summed E-state index contributed by atoms with van der Waals surface area (Å²) in [4.78, 5) is 12.3. The van der Waals surface area contributed by atoms with E-state index in [-0.39, 0.29) is 11.8 Å². The Kier molecular flexibility index (Phi) is 3.45. The van der Waals surface area contributed by atoms with E-state index in [1.165, 1.54) is 30.5 Å². The summed E-state index contributed by atoms with van der Waals surface area (Å²) in [5.41, 5.74) is 3.49. The van der Waals surface area contributed by atoms with Crippen LogP contribution in [0, 0.1) is 11.8 Å². The number of hydrogen-bond acceptors (Lipinski definition) is 2. The summed E-state index contributed by atoms with van der Waals surface area (Å²) < 4.78 is 0. The molecule has 1 aromatic rings. The summed E-state index contributed by atoms with van der Waals surface area (Å²) in [6.45, 7) is 3.24. The molecule has 19 heavy (non-hydrogen) atoms. The predicted octanol–water partition coefficient (Wildman–Crippen LogP) is 3.42. The SMILES string of the molecule is CC1CCCC1C(=O)Nc1ccc2c(c1)CCCN2. The molecule has 3 heteroatoms. The minimum Gasteiger partial charge on any atom is -0.385 e. The van der Waals surface area contributed by atoms with E-state index in [1.54, 1.807) is 0 Å². The Balaban J connectivity index is 1.71. The van der Waals surface area contributed by atoms with Crippen LogP contribution in [0.5, 0.6) is 0 Å². The molecule has 1 aromatic carbocycles. The molecule has 3 rings (SSSR count). The average molecular weight is 258 g/mol. The average Bonchev–Trinajstić information content (AvgIpc) is 2.85. The fourth-order valence-corrected chi connectivity index (χ4v) is 3.32. The van der Waals surface area contributed by atoms with Crippen molar-refractivity contribution in [3.8, 4) is 0 Å². The first-order valence-corrected chi connectivity index (χ1v) is 7.42. The number of benzene rings is 1. The van der Waals surface area contributed by atoms with Crippen molar-refractivity contribution in [3.05, 3.63) is 23.8 Å². The Hall–Kier alpha value is -1.51. The van der Waals surface area contributed by atoms with Crippen molar-refractivity contribution in [2.45, 2.75) is 39.0 Å². The van der Waals surface area contributed by atoms with Crippen LogP contribution in [-0.4, -0.2) is 12.5 Å². The van der Waals surface area contributed by atoms with Gasteiger partial charge < -0.3 is 10.6 Å². The Morgan fingerprint density at radius 3 is 3.00 bits per heavy atom. The van der Waals surface area contributed by atoms with Gasteiger partial charge >= 0.3 is 0 Å². The molecule has 3 nitrogen and oxygen atoms in total. The third kappa shape index (κ3) is 2.60. The van der Waals surface area contributed by atoms with E-state index in [0.717, 1.165) is 25.1 Å². The second-order valence-electron chi connectivity index (χ2n) is 5.91. The Labute approximate surface area is 114 Å². The highest BCUT2D eigenvalue weighted by molar-refractivity contribution is 5.93.